The van der Waals surface area contributed by atoms with Gasteiger partial charge in [0, 0.05) is 18.1 Å². The average molecular weight is 362 g/mol. The zero-order valence-electron chi connectivity index (χ0n) is 13.2. The highest BCUT2D eigenvalue weighted by Gasteiger charge is 2.33. The van der Waals surface area contributed by atoms with Gasteiger partial charge in [-0.3, -0.25) is 9.69 Å². The molecule has 0 saturated carbocycles. The van der Waals surface area contributed by atoms with Gasteiger partial charge < -0.3 is 4.57 Å². The van der Waals surface area contributed by atoms with Gasteiger partial charge in [0.25, 0.3) is 5.91 Å². The molecule has 3 nitrogen and oxygen atoms in total. The highest BCUT2D eigenvalue weighted by Crippen LogP contribution is 2.35. The lowest BCUT2D eigenvalue weighted by Gasteiger charge is -2.13. The van der Waals surface area contributed by atoms with Gasteiger partial charge in [0.2, 0.25) is 0 Å². The number of hydrogen-bond acceptors (Lipinski definition) is 3. The summed E-state index contributed by atoms with van der Waals surface area (Å²) < 4.78 is 2.59. The van der Waals surface area contributed by atoms with Gasteiger partial charge in [-0.2, -0.15) is 0 Å². The Labute approximate surface area is 155 Å². The van der Waals surface area contributed by atoms with Crippen LogP contribution < -0.4 is 4.90 Å². The van der Waals surface area contributed by atoms with E-state index in [1.54, 1.807) is 4.90 Å². The maximum Gasteiger partial charge on any atom is 0.270 e. The van der Waals surface area contributed by atoms with Gasteiger partial charge >= 0.3 is 0 Å². The summed E-state index contributed by atoms with van der Waals surface area (Å²) in [7, 11) is 0. The second-order valence-electron chi connectivity index (χ2n) is 5.54. The normalized spacial score (nSPS) is 16.0. The van der Waals surface area contributed by atoms with Crippen molar-refractivity contribution in [2.45, 2.75) is 0 Å². The van der Waals surface area contributed by atoms with Crippen LogP contribution in [-0.2, 0) is 4.79 Å². The van der Waals surface area contributed by atoms with Crippen molar-refractivity contribution >= 4 is 46.0 Å². The molecule has 0 spiro atoms. The van der Waals surface area contributed by atoms with Crippen LogP contribution in [0.25, 0.3) is 11.8 Å². The minimum absolute atomic E-state index is 0.0753. The third-order valence-electron chi connectivity index (χ3n) is 3.88. The number of amides is 1. The molecular formula is C20H14N2OS2. The average Bonchev–Trinajstić information content (AvgIpc) is 3.22. The molecule has 1 saturated heterocycles. The first kappa shape index (κ1) is 15.9. The van der Waals surface area contributed by atoms with Crippen LogP contribution in [0.1, 0.15) is 5.56 Å². The number of carbonyl (C=O) groups is 1. The van der Waals surface area contributed by atoms with E-state index in [9.17, 15) is 4.79 Å². The van der Waals surface area contributed by atoms with E-state index in [0.717, 1.165) is 16.9 Å². The summed E-state index contributed by atoms with van der Waals surface area (Å²) in [6.45, 7) is 0. The zero-order valence-corrected chi connectivity index (χ0v) is 14.8. The first-order chi connectivity index (χ1) is 12.2. The van der Waals surface area contributed by atoms with Crippen molar-refractivity contribution in [1.82, 2.24) is 4.57 Å². The van der Waals surface area contributed by atoms with Crippen molar-refractivity contribution in [2.75, 3.05) is 4.90 Å². The number of anilines is 1. The van der Waals surface area contributed by atoms with Crippen LogP contribution in [0.5, 0.6) is 0 Å². The monoisotopic (exact) mass is 362 g/mol. The summed E-state index contributed by atoms with van der Waals surface area (Å²) in [6.07, 6.45) is 5.88. The van der Waals surface area contributed by atoms with Gasteiger partial charge in [0.1, 0.15) is 0 Å². The number of hydrogen-bond donors (Lipinski definition) is 0. The Balaban J connectivity index is 1.62. The number of para-hydroxylation sites is 2. The first-order valence-electron chi connectivity index (χ1n) is 7.79. The van der Waals surface area contributed by atoms with E-state index in [-0.39, 0.29) is 5.91 Å². The number of thioether (sulfide) groups is 1. The van der Waals surface area contributed by atoms with Crippen molar-refractivity contribution < 1.29 is 4.79 Å². The SMILES string of the molecule is O=C1/C(=C\c2ccn(-c3ccccc3)c2)SC(=S)N1c1ccccc1. The lowest BCUT2D eigenvalue weighted by molar-refractivity contribution is -0.113. The lowest BCUT2D eigenvalue weighted by Crippen LogP contribution is -2.27. The molecular weight excluding hydrogens is 348 g/mol. The summed E-state index contributed by atoms with van der Waals surface area (Å²) in [5.74, 6) is -0.0753. The molecule has 3 aromatic rings. The standard InChI is InChI=1S/C20H14N2OS2/c23-19-18(25-20(24)22(19)17-9-5-2-6-10-17)13-15-11-12-21(14-15)16-7-3-1-4-8-16/h1-14H/b18-13+. The molecule has 4 rings (SSSR count). The molecule has 0 aliphatic carbocycles. The highest BCUT2D eigenvalue weighted by molar-refractivity contribution is 8.27. The molecule has 0 bridgehead atoms. The zero-order chi connectivity index (χ0) is 17.2. The molecule has 0 radical (unpaired) electrons. The summed E-state index contributed by atoms with van der Waals surface area (Å²) >= 11 is 6.73. The summed E-state index contributed by atoms with van der Waals surface area (Å²) in [5, 5.41) is 0. The molecule has 0 atom stereocenters. The number of rotatable bonds is 3. The van der Waals surface area contributed by atoms with Crippen molar-refractivity contribution in [1.29, 1.82) is 0 Å². The van der Waals surface area contributed by atoms with E-state index in [2.05, 4.69) is 0 Å². The van der Waals surface area contributed by atoms with Crippen LogP contribution in [0.3, 0.4) is 0 Å². The predicted molar refractivity (Wildman–Crippen MR) is 108 cm³/mol. The van der Waals surface area contributed by atoms with Gasteiger partial charge in [0.05, 0.1) is 10.6 Å². The number of aromatic nitrogens is 1. The van der Waals surface area contributed by atoms with Gasteiger partial charge in [-0.05, 0) is 42.0 Å². The maximum absolute atomic E-state index is 12.7. The van der Waals surface area contributed by atoms with E-state index in [0.29, 0.717) is 9.23 Å². The lowest BCUT2D eigenvalue weighted by atomic mass is 10.2. The van der Waals surface area contributed by atoms with E-state index >= 15 is 0 Å². The highest BCUT2D eigenvalue weighted by atomic mass is 32.2. The van der Waals surface area contributed by atoms with Crippen LogP contribution in [-0.4, -0.2) is 14.8 Å². The van der Waals surface area contributed by atoms with Crippen molar-refractivity contribution in [3.05, 3.63) is 89.6 Å². The largest absolute Gasteiger partial charge is 0.323 e. The van der Waals surface area contributed by atoms with Gasteiger partial charge in [-0.1, -0.05) is 60.4 Å². The predicted octanol–water partition coefficient (Wildman–Crippen LogP) is 4.88. The fourth-order valence-electron chi connectivity index (χ4n) is 2.68. The minimum Gasteiger partial charge on any atom is -0.323 e. The molecule has 1 fully saturated rings. The molecule has 0 N–H and O–H groups in total. The van der Waals surface area contributed by atoms with E-state index in [4.69, 9.17) is 12.2 Å². The van der Waals surface area contributed by atoms with E-state index in [1.165, 1.54) is 11.8 Å². The topological polar surface area (TPSA) is 25.2 Å². The molecule has 2 heterocycles. The summed E-state index contributed by atoms with van der Waals surface area (Å²) in [4.78, 5) is 15.0. The maximum atomic E-state index is 12.7. The molecule has 1 amide bonds. The fourth-order valence-corrected chi connectivity index (χ4v) is 3.98. The number of carbonyl (C=O) groups excluding carboxylic acids is 1. The van der Waals surface area contributed by atoms with Gasteiger partial charge in [-0.25, -0.2) is 0 Å². The molecule has 25 heavy (non-hydrogen) atoms. The Morgan fingerprint density at radius 2 is 1.52 bits per heavy atom. The molecule has 2 aromatic carbocycles. The molecule has 5 heteroatoms. The molecule has 1 aliphatic heterocycles. The smallest absolute Gasteiger partial charge is 0.270 e. The molecule has 1 aliphatic rings. The second-order valence-corrected chi connectivity index (χ2v) is 7.22. The Morgan fingerprint density at radius 3 is 2.20 bits per heavy atom. The Hall–Kier alpha value is -2.63. The van der Waals surface area contributed by atoms with Crippen molar-refractivity contribution in [3.8, 4) is 5.69 Å². The number of benzene rings is 2. The third-order valence-corrected chi connectivity index (χ3v) is 5.18. The quantitative estimate of drug-likeness (QED) is 0.490. The van der Waals surface area contributed by atoms with Crippen molar-refractivity contribution in [3.63, 3.8) is 0 Å². The minimum atomic E-state index is -0.0753. The van der Waals surface area contributed by atoms with Crippen LogP contribution in [0.15, 0.2) is 84.0 Å². The van der Waals surface area contributed by atoms with E-state index < -0.39 is 0 Å². The summed E-state index contributed by atoms with van der Waals surface area (Å²) in [5.41, 5.74) is 2.85. The van der Waals surface area contributed by atoms with Crippen molar-refractivity contribution in [2.24, 2.45) is 0 Å². The Kier molecular flexibility index (Phi) is 4.26. The van der Waals surface area contributed by atoms with Crippen LogP contribution >= 0.6 is 24.0 Å². The number of thiocarbonyl (C=S) groups is 1. The molecule has 1 aromatic heterocycles. The molecule has 0 unspecified atom stereocenters. The first-order valence-corrected chi connectivity index (χ1v) is 9.01. The van der Waals surface area contributed by atoms with E-state index in [1.807, 2.05) is 89.8 Å². The van der Waals surface area contributed by atoms with Gasteiger partial charge in [-0.15, -0.1) is 0 Å². The van der Waals surface area contributed by atoms with Crippen LogP contribution in [0, 0.1) is 0 Å². The van der Waals surface area contributed by atoms with Crippen LogP contribution in [0.2, 0.25) is 0 Å². The fraction of sp³-hybridized carbons (Fsp3) is 0. The Morgan fingerprint density at radius 1 is 0.880 bits per heavy atom. The number of nitrogens with zero attached hydrogens (tertiary/aromatic N) is 2. The third kappa shape index (κ3) is 3.16. The second kappa shape index (κ2) is 6.70. The summed E-state index contributed by atoms with van der Waals surface area (Å²) in [6, 6.07) is 21.6. The molecule has 122 valence electrons. The van der Waals surface area contributed by atoms with Crippen LogP contribution in [0.4, 0.5) is 5.69 Å². The Bertz CT molecular complexity index is 962. The van der Waals surface area contributed by atoms with Gasteiger partial charge in [0.15, 0.2) is 4.32 Å².